The lowest BCUT2D eigenvalue weighted by Crippen LogP contribution is -2.44. The van der Waals surface area contributed by atoms with Gasteiger partial charge in [0.05, 0.1) is 0 Å². The molecule has 1 aliphatic heterocycles. The molecule has 0 saturated carbocycles. The van der Waals surface area contributed by atoms with Crippen molar-refractivity contribution in [2.24, 2.45) is 10.9 Å². The number of carbonyl (C=O) groups is 1. The molecule has 1 heterocycles. The number of nitrogens with zero attached hydrogens (tertiary/aromatic N) is 1. The van der Waals surface area contributed by atoms with Crippen LogP contribution in [0.25, 0.3) is 0 Å². The van der Waals surface area contributed by atoms with Gasteiger partial charge in [0.1, 0.15) is 5.54 Å². The molecule has 1 saturated heterocycles. The van der Waals surface area contributed by atoms with E-state index in [0.717, 1.165) is 12.8 Å². The standard InChI is InChI=1S/C12H23N3O/c1-8(2)6-7-12(5)10(16)14-11(15-12)13-9(3)4/h8-9H,6-7H2,1-5H3,(H2,13,14,15,16). The van der Waals surface area contributed by atoms with Gasteiger partial charge >= 0.3 is 0 Å². The molecule has 92 valence electrons. The van der Waals surface area contributed by atoms with Gasteiger partial charge in [-0.25, -0.2) is 0 Å². The minimum Gasteiger partial charge on any atom is -0.342 e. The average molecular weight is 225 g/mol. The molecule has 1 atom stereocenters. The van der Waals surface area contributed by atoms with E-state index in [1.807, 2.05) is 20.8 Å². The van der Waals surface area contributed by atoms with Crippen LogP contribution in [-0.2, 0) is 4.79 Å². The van der Waals surface area contributed by atoms with E-state index in [1.54, 1.807) is 0 Å². The first-order valence-electron chi connectivity index (χ1n) is 6.01. The highest BCUT2D eigenvalue weighted by Gasteiger charge is 2.40. The second kappa shape index (κ2) is 4.85. The van der Waals surface area contributed by atoms with E-state index < -0.39 is 5.54 Å². The highest BCUT2D eigenvalue weighted by atomic mass is 16.2. The Kier molecular flexibility index (Phi) is 3.94. The molecular formula is C12H23N3O. The van der Waals surface area contributed by atoms with Crippen LogP contribution in [0.1, 0.15) is 47.5 Å². The van der Waals surface area contributed by atoms with Gasteiger partial charge in [-0.3, -0.25) is 15.1 Å². The summed E-state index contributed by atoms with van der Waals surface area (Å²) in [4.78, 5) is 16.2. The third-order valence-corrected chi connectivity index (χ3v) is 2.74. The van der Waals surface area contributed by atoms with Gasteiger partial charge in [0.25, 0.3) is 5.91 Å². The Morgan fingerprint density at radius 1 is 1.31 bits per heavy atom. The minimum absolute atomic E-state index is 0.0348. The summed E-state index contributed by atoms with van der Waals surface area (Å²) < 4.78 is 0. The van der Waals surface area contributed by atoms with Crippen LogP contribution in [0.2, 0.25) is 0 Å². The molecule has 4 heteroatoms. The summed E-state index contributed by atoms with van der Waals surface area (Å²) in [5, 5.41) is 5.99. The van der Waals surface area contributed by atoms with Crippen molar-refractivity contribution in [1.29, 1.82) is 0 Å². The second-order valence-electron chi connectivity index (χ2n) is 5.42. The lowest BCUT2D eigenvalue weighted by Gasteiger charge is -2.21. The third-order valence-electron chi connectivity index (χ3n) is 2.74. The fourth-order valence-electron chi connectivity index (χ4n) is 1.67. The Bertz CT molecular complexity index is 297. The molecule has 4 nitrogen and oxygen atoms in total. The molecule has 2 N–H and O–H groups in total. The quantitative estimate of drug-likeness (QED) is 0.764. The summed E-state index contributed by atoms with van der Waals surface area (Å²) >= 11 is 0. The van der Waals surface area contributed by atoms with Crippen molar-refractivity contribution in [3.8, 4) is 0 Å². The van der Waals surface area contributed by atoms with Gasteiger partial charge in [0.2, 0.25) is 0 Å². The highest BCUT2D eigenvalue weighted by molar-refractivity contribution is 6.08. The number of hydrogen-bond acceptors (Lipinski definition) is 2. The maximum absolute atomic E-state index is 11.8. The van der Waals surface area contributed by atoms with Crippen LogP contribution in [0.3, 0.4) is 0 Å². The highest BCUT2D eigenvalue weighted by Crippen LogP contribution is 2.19. The molecule has 1 amide bonds. The molecule has 0 spiro atoms. The molecular weight excluding hydrogens is 202 g/mol. The molecule has 0 bridgehead atoms. The molecule has 0 aromatic carbocycles. The zero-order valence-electron chi connectivity index (χ0n) is 10.9. The molecule has 0 radical (unpaired) electrons. The Balaban J connectivity index is 2.65. The Labute approximate surface area is 97.9 Å². The maximum Gasteiger partial charge on any atom is 0.252 e. The smallest absolute Gasteiger partial charge is 0.252 e. The van der Waals surface area contributed by atoms with E-state index in [9.17, 15) is 4.79 Å². The predicted molar refractivity (Wildman–Crippen MR) is 66.3 cm³/mol. The zero-order valence-corrected chi connectivity index (χ0v) is 10.9. The number of aliphatic imine (C=N–C) groups is 1. The van der Waals surface area contributed by atoms with Gasteiger partial charge in [-0.1, -0.05) is 13.8 Å². The van der Waals surface area contributed by atoms with E-state index in [4.69, 9.17) is 0 Å². The van der Waals surface area contributed by atoms with Crippen LogP contribution in [0.4, 0.5) is 0 Å². The number of carbonyl (C=O) groups excluding carboxylic acids is 1. The van der Waals surface area contributed by atoms with Crippen LogP contribution in [-0.4, -0.2) is 23.4 Å². The second-order valence-corrected chi connectivity index (χ2v) is 5.42. The molecule has 1 unspecified atom stereocenters. The fraction of sp³-hybridized carbons (Fsp3) is 0.833. The van der Waals surface area contributed by atoms with Crippen molar-refractivity contribution in [2.75, 3.05) is 0 Å². The van der Waals surface area contributed by atoms with Crippen LogP contribution >= 0.6 is 0 Å². The molecule has 0 aliphatic carbocycles. The largest absolute Gasteiger partial charge is 0.342 e. The van der Waals surface area contributed by atoms with Crippen molar-refractivity contribution in [3.05, 3.63) is 0 Å². The number of nitrogens with one attached hydrogen (secondary N) is 2. The van der Waals surface area contributed by atoms with Gasteiger partial charge in [-0.05, 0) is 39.5 Å². The molecule has 1 aliphatic rings. The number of amides is 1. The summed E-state index contributed by atoms with van der Waals surface area (Å²) in [6.45, 7) is 10.3. The van der Waals surface area contributed by atoms with Gasteiger partial charge in [-0.15, -0.1) is 0 Å². The predicted octanol–water partition coefficient (Wildman–Crippen LogP) is 1.67. The van der Waals surface area contributed by atoms with Gasteiger partial charge in [0, 0.05) is 6.04 Å². The van der Waals surface area contributed by atoms with Crippen LogP contribution in [0.5, 0.6) is 0 Å². The third kappa shape index (κ3) is 3.22. The van der Waals surface area contributed by atoms with E-state index in [1.165, 1.54) is 0 Å². The van der Waals surface area contributed by atoms with E-state index in [2.05, 4.69) is 29.5 Å². The van der Waals surface area contributed by atoms with E-state index in [0.29, 0.717) is 11.9 Å². The van der Waals surface area contributed by atoms with Crippen LogP contribution < -0.4 is 10.6 Å². The summed E-state index contributed by atoms with van der Waals surface area (Å²) in [5.74, 6) is 1.26. The van der Waals surface area contributed by atoms with Crippen molar-refractivity contribution in [2.45, 2.75) is 59.0 Å². The number of rotatable bonds is 4. The topological polar surface area (TPSA) is 53.5 Å². The summed E-state index contributed by atoms with van der Waals surface area (Å²) in [6, 6.07) is 0.190. The SMILES string of the molecule is CC(C)CCC1(C)NC(=NC(C)C)NC1=O. The molecule has 1 rings (SSSR count). The normalized spacial score (nSPS) is 27.7. The van der Waals surface area contributed by atoms with Crippen molar-refractivity contribution >= 4 is 11.9 Å². The number of guanidine groups is 1. The van der Waals surface area contributed by atoms with Crippen LogP contribution in [0.15, 0.2) is 4.99 Å². The first-order chi connectivity index (χ1) is 7.33. The van der Waals surface area contributed by atoms with Crippen molar-refractivity contribution < 1.29 is 4.79 Å². The van der Waals surface area contributed by atoms with E-state index >= 15 is 0 Å². The van der Waals surface area contributed by atoms with Gasteiger partial charge in [-0.2, -0.15) is 0 Å². The van der Waals surface area contributed by atoms with Crippen LogP contribution in [0, 0.1) is 5.92 Å². The zero-order chi connectivity index (χ0) is 12.3. The molecule has 0 aromatic heterocycles. The summed E-state index contributed by atoms with van der Waals surface area (Å²) in [5.41, 5.74) is -0.488. The molecule has 16 heavy (non-hydrogen) atoms. The average Bonchev–Trinajstić information content (AvgIpc) is 2.38. The summed E-state index contributed by atoms with van der Waals surface area (Å²) in [7, 11) is 0. The minimum atomic E-state index is -0.488. The summed E-state index contributed by atoms with van der Waals surface area (Å²) in [6.07, 6.45) is 1.87. The maximum atomic E-state index is 11.8. The lowest BCUT2D eigenvalue weighted by atomic mass is 9.92. The number of hydrogen-bond donors (Lipinski definition) is 2. The fourth-order valence-corrected chi connectivity index (χ4v) is 1.67. The van der Waals surface area contributed by atoms with Gasteiger partial charge < -0.3 is 5.32 Å². The molecule has 0 aromatic rings. The van der Waals surface area contributed by atoms with Crippen molar-refractivity contribution in [1.82, 2.24) is 10.6 Å². The first-order valence-corrected chi connectivity index (χ1v) is 6.01. The molecule has 1 fully saturated rings. The van der Waals surface area contributed by atoms with Gasteiger partial charge in [0.15, 0.2) is 5.96 Å². The monoisotopic (exact) mass is 225 g/mol. The lowest BCUT2D eigenvalue weighted by molar-refractivity contribution is -0.123. The Morgan fingerprint density at radius 2 is 1.94 bits per heavy atom. The Hall–Kier alpha value is -1.06. The van der Waals surface area contributed by atoms with Crippen molar-refractivity contribution in [3.63, 3.8) is 0 Å². The first kappa shape index (κ1) is 13.0. The Morgan fingerprint density at radius 3 is 2.44 bits per heavy atom. The van der Waals surface area contributed by atoms with E-state index in [-0.39, 0.29) is 11.9 Å².